The molecule has 0 saturated carbocycles. The molecule has 5 heterocycles. The number of aromatic nitrogens is 5. The zero-order valence-corrected chi connectivity index (χ0v) is 18.1. The van der Waals surface area contributed by atoms with E-state index in [-0.39, 0.29) is 17.1 Å². The first-order chi connectivity index (χ1) is 16.4. The van der Waals surface area contributed by atoms with Gasteiger partial charge in [0.25, 0.3) is 5.91 Å². The lowest BCUT2D eigenvalue weighted by Gasteiger charge is -2.09. The summed E-state index contributed by atoms with van der Waals surface area (Å²) >= 11 is 1.55. The Morgan fingerprint density at radius 2 is 1.94 bits per heavy atom. The first kappa shape index (κ1) is 21.7. The molecule has 170 valence electrons. The lowest BCUT2D eigenvalue weighted by molar-refractivity contribution is -0.140. The van der Waals surface area contributed by atoms with Crippen LogP contribution in [-0.2, 0) is 12.7 Å². The number of fused-ring (bicyclic) bond motifs is 1. The molecule has 0 aromatic carbocycles. The van der Waals surface area contributed by atoms with Gasteiger partial charge in [-0.15, -0.1) is 11.3 Å². The number of thiophene rings is 1. The van der Waals surface area contributed by atoms with Gasteiger partial charge in [-0.25, -0.2) is 19.6 Å². The standard InChI is InChI=1S/C23H15F3N6OS/c24-23(25,26)20-7-6-16-18(31-20)8-9-27-21(16)32-13-14(11-29-32)17-4-1-5-19(30-17)22(33)28-12-15-3-2-10-34-15/h1-11,13H,12H2,(H,28,33). The van der Waals surface area contributed by atoms with Crippen LogP contribution in [0.2, 0.25) is 0 Å². The molecule has 0 bridgehead atoms. The fourth-order valence-corrected chi connectivity index (χ4v) is 3.99. The van der Waals surface area contributed by atoms with Crippen LogP contribution in [0.15, 0.2) is 72.5 Å². The number of hydrogen-bond acceptors (Lipinski definition) is 6. The van der Waals surface area contributed by atoms with Gasteiger partial charge >= 0.3 is 6.18 Å². The number of halogens is 3. The van der Waals surface area contributed by atoms with E-state index < -0.39 is 11.9 Å². The lowest BCUT2D eigenvalue weighted by Crippen LogP contribution is -2.23. The molecule has 1 N–H and O–H groups in total. The van der Waals surface area contributed by atoms with Gasteiger partial charge in [-0.05, 0) is 41.8 Å². The second-order valence-corrected chi connectivity index (χ2v) is 8.27. The molecule has 0 unspecified atom stereocenters. The molecule has 5 aromatic heterocycles. The molecule has 5 aromatic rings. The fourth-order valence-electron chi connectivity index (χ4n) is 3.34. The van der Waals surface area contributed by atoms with Crippen molar-refractivity contribution in [2.45, 2.75) is 12.7 Å². The third kappa shape index (κ3) is 4.37. The van der Waals surface area contributed by atoms with Crippen molar-refractivity contribution >= 4 is 28.1 Å². The third-order valence-electron chi connectivity index (χ3n) is 4.97. The zero-order valence-electron chi connectivity index (χ0n) is 17.3. The molecule has 0 atom stereocenters. The van der Waals surface area contributed by atoms with Crippen LogP contribution in [0.5, 0.6) is 0 Å². The van der Waals surface area contributed by atoms with E-state index in [4.69, 9.17) is 0 Å². The van der Waals surface area contributed by atoms with Crippen LogP contribution < -0.4 is 5.32 Å². The Bertz CT molecular complexity index is 1480. The zero-order chi connectivity index (χ0) is 23.7. The minimum absolute atomic E-state index is 0.152. The smallest absolute Gasteiger partial charge is 0.346 e. The summed E-state index contributed by atoms with van der Waals surface area (Å²) in [7, 11) is 0. The maximum atomic E-state index is 13.0. The molecule has 5 rings (SSSR count). The summed E-state index contributed by atoms with van der Waals surface area (Å²) in [5.74, 6) is 0.0275. The number of nitrogens with zero attached hydrogens (tertiary/aromatic N) is 5. The van der Waals surface area contributed by atoms with E-state index in [9.17, 15) is 18.0 Å². The van der Waals surface area contributed by atoms with E-state index in [1.165, 1.54) is 23.0 Å². The number of amides is 1. The molecule has 0 saturated heterocycles. The van der Waals surface area contributed by atoms with E-state index in [0.717, 1.165) is 10.9 Å². The van der Waals surface area contributed by atoms with Gasteiger partial charge in [0.15, 0.2) is 5.82 Å². The summed E-state index contributed by atoms with van der Waals surface area (Å²) in [6.07, 6.45) is 0.0367. The van der Waals surface area contributed by atoms with Gasteiger partial charge in [-0.1, -0.05) is 12.1 Å². The van der Waals surface area contributed by atoms with E-state index >= 15 is 0 Å². The highest BCUT2D eigenvalue weighted by molar-refractivity contribution is 7.09. The van der Waals surface area contributed by atoms with Crippen LogP contribution in [0.4, 0.5) is 13.2 Å². The molecule has 0 aliphatic carbocycles. The maximum absolute atomic E-state index is 13.0. The summed E-state index contributed by atoms with van der Waals surface area (Å²) < 4.78 is 40.5. The Kier molecular flexibility index (Phi) is 5.54. The molecular formula is C23H15F3N6OS. The Morgan fingerprint density at radius 1 is 1.06 bits per heavy atom. The van der Waals surface area contributed by atoms with Crippen molar-refractivity contribution < 1.29 is 18.0 Å². The largest absolute Gasteiger partial charge is 0.433 e. The quantitative estimate of drug-likeness (QED) is 0.387. The number of carbonyl (C=O) groups excluding carboxylic acids is 1. The first-order valence-corrected chi connectivity index (χ1v) is 10.9. The van der Waals surface area contributed by atoms with Gasteiger partial charge in [0.05, 0.1) is 24.0 Å². The molecule has 0 aliphatic heterocycles. The first-order valence-electron chi connectivity index (χ1n) is 10.0. The number of pyridine rings is 3. The van der Waals surface area contributed by atoms with Crippen LogP contribution in [0, 0.1) is 0 Å². The molecule has 0 spiro atoms. The van der Waals surface area contributed by atoms with Gasteiger partial charge in [0.1, 0.15) is 11.4 Å². The molecular weight excluding hydrogens is 465 g/mol. The molecule has 0 aliphatic rings. The molecule has 34 heavy (non-hydrogen) atoms. The van der Waals surface area contributed by atoms with Crippen molar-refractivity contribution in [1.29, 1.82) is 0 Å². The maximum Gasteiger partial charge on any atom is 0.433 e. The summed E-state index contributed by atoms with van der Waals surface area (Å²) in [5, 5.41) is 9.49. The Balaban J connectivity index is 1.42. The summed E-state index contributed by atoms with van der Waals surface area (Å²) in [6, 6.07) is 12.6. The highest BCUT2D eigenvalue weighted by Gasteiger charge is 2.32. The second kappa shape index (κ2) is 8.67. The van der Waals surface area contributed by atoms with E-state index in [1.54, 1.807) is 41.9 Å². The number of nitrogens with one attached hydrogen (secondary N) is 1. The second-order valence-electron chi connectivity index (χ2n) is 7.24. The van der Waals surface area contributed by atoms with Crippen LogP contribution in [0.1, 0.15) is 21.1 Å². The van der Waals surface area contributed by atoms with Crippen molar-refractivity contribution in [3.63, 3.8) is 0 Å². The molecule has 0 fully saturated rings. The normalized spacial score (nSPS) is 11.6. The highest BCUT2D eigenvalue weighted by atomic mass is 32.1. The van der Waals surface area contributed by atoms with Gasteiger partial charge in [-0.3, -0.25) is 4.79 Å². The third-order valence-corrected chi connectivity index (χ3v) is 5.84. The summed E-state index contributed by atoms with van der Waals surface area (Å²) in [5.41, 5.74) is 0.573. The molecule has 1 amide bonds. The summed E-state index contributed by atoms with van der Waals surface area (Å²) in [6.45, 7) is 0.414. The van der Waals surface area contributed by atoms with Crippen LogP contribution >= 0.6 is 11.3 Å². The van der Waals surface area contributed by atoms with E-state index in [0.29, 0.717) is 29.0 Å². The highest BCUT2D eigenvalue weighted by Crippen LogP contribution is 2.30. The van der Waals surface area contributed by atoms with E-state index in [2.05, 4.69) is 25.4 Å². The van der Waals surface area contributed by atoms with Crippen LogP contribution in [0.3, 0.4) is 0 Å². The van der Waals surface area contributed by atoms with Crippen LogP contribution in [-0.4, -0.2) is 30.6 Å². The minimum Gasteiger partial charge on any atom is -0.346 e. The predicted molar refractivity (Wildman–Crippen MR) is 120 cm³/mol. The fraction of sp³-hybridized carbons (Fsp3) is 0.0870. The molecule has 7 nitrogen and oxygen atoms in total. The number of carbonyl (C=O) groups is 1. The Hall–Kier alpha value is -4.12. The van der Waals surface area contributed by atoms with Crippen molar-refractivity contribution in [1.82, 2.24) is 30.0 Å². The van der Waals surface area contributed by atoms with Crippen LogP contribution in [0.25, 0.3) is 28.0 Å². The van der Waals surface area contributed by atoms with E-state index in [1.807, 2.05) is 17.5 Å². The summed E-state index contributed by atoms with van der Waals surface area (Å²) in [4.78, 5) is 25.9. The van der Waals surface area contributed by atoms with Gasteiger partial charge in [0.2, 0.25) is 0 Å². The van der Waals surface area contributed by atoms with Gasteiger partial charge in [-0.2, -0.15) is 18.3 Å². The van der Waals surface area contributed by atoms with Gasteiger partial charge in [0, 0.05) is 28.2 Å². The van der Waals surface area contributed by atoms with Crippen molar-refractivity contribution in [2.75, 3.05) is 0 Å². The predicted octanol–water partition coefficient (Wildman–Crippen LogP) is 4.89. The molecule has 0 radical (unpaired) electrons. The monoisotopic (exact) mass is 480 g/mol. The number of hydrogen-bond donors (Lipinski definition) is 1. The van der Waals surface area contributed by atoms with Crippen molar-refractivity contribution in [2.24, 2.45) is 0 Å². The topological polar surface area (TPSA) is 85.6 Å². The van der Waals surface area contributed by atoms with Crippen molar-refractivity contribution in [3.8, 4) is 17.1 Å². The average Bonchev–Trinajstić information content (AvgIpc) is 3.54. The van der Waals surface area contributed by atoms with Gasteiger partial charge < -0.3 is 5.32 Å². The SMILES string of the molecule is O=C(NCc1cccs1)c1cccc(-c2cnn(-c3nccc4nc(C(F)(F)F)ccc34)c2)n1. The number of alkyl halides is 3. The Morgan fingerprint density at radius 3 is 2.74 bits per heavy atom. The Labute approximate surface area is 194 Å². The molecule has 11 heteroatoms. The van der Waals surface area contributed by atoms with Crippen molar-refractivity contribution in [3.05, 3.63) is 88.8 Å². The lowest BCUT2D eigenvalue weighted by atomic mass is 10.2. The number of rotatable bonds is 5. The average molecular weight is 480 g/mol. The minimum atomic E-state index is -4.54.